The lowest BCUT2D eigenvalue weighted by Gasteiger charge is -2.25. The summed E-state index contributed by atoms with van der Waals surface area (Å²) < 4.78 is 0. The van der Waals surface area contributed by atoms with E-state index in [4.69, 9.17) is 5.73 Å². The molecule has 0 saturated heterocycles. The molecule has 0 radical (unpaired) electrons. The molecule has 2 aromatic rings. The molecule has 0 saturated carbocycles. The average Bonchev–Trinajstić information content (AvgIpc) is 3.17. The standard InChI is InChI=1S/C22H31N5O6/c1-11(2)18(22(32)33)27-21(31)17(10-28)26-20(30)16(25-19(29)12(3)23)8-13-9-24-15-7-5-4-6-14(13)15/h4-7,9,11-12,16-18,24,28H,8,10,23H2,1-3H3,(H,25,29)(H,26,30)(H,27,31)(H,32,33). The van der Waals surface area contributed by atoms with Crippen LogP contribution < -0.4 is 21.7 Å². The Balaban J connectivity index is 2.21. The van der Waals surface area contributed by atoms with Crippen LogP contribution in [0, 0.1) is 5.92 Å². The van der Waals surface area contributed by atoms with Gasteiger partial charge in [0, 0.05) is 23.5 Å². The molecule has 0 aliphatic rings. The maximum atomic E-state index is 13.0. The minimum Gasteiger partial charge on any atom is -0.480 e. The van der Waals surface area contributed by atoms with Crippen LogP contribution in [0.5, 0.6) is 0 Å². The summed E-state index contributed by atoms with van der Waals surface area (Å²) in [6.45, 7) is 3.94. The first-order valence-corrected chi connectivity index (χ1v) is 10.6. The van der Waals surface area contributed by atoms with Gasteiger partial charge in [-0.25, -0.2) is 4.79 Å². The number of amides is 3. The summed E-state index contributed by atoms with van der Waals surface area (Å²) in [7, 11) is 0. The number of rotatable bonds is 11. The van der Waals surface area contributed by atoms with Gasteiger partial charge in [0.25, 0.3) is 0 Å². The second kappa shape index (κ2) is 11.4. The fourth-order valence-corrected chi connectivity index (χ4v) is 3.27. The lowest BCUT2D eigenvalue weighted by Crippen LogP contribution is -2.58. The molecule has 11 heteroatoms. The maximum absolute atomic E-state index is 13.0. The molecule has 4 unspecified atom stereocenters. The molecule has 1 aromatic heterocycles. The lowest BCUT2D eigenvalue weighted by atomic mass is 10.0. The van der Waals surface area contributed by atoms with E-state index in [1.807, 2.05) is 24.3 Å². The van der Waals surface area contributed by atoms with Crippen LogP contribution in [0.3, 0.4) is 0 Å². The van der Waals surface area contributed by atoms with E-state index in [0.717, 1.165) is 16.5 Å². The highest BCUT2D eigenvalue weighted by Gasteiger charge is 2.31. The Morgan fingerprint density at radius 2 is 1.58 bits per heavy atom. The fraction of sp³-hybridized carbons (Fsp3) is 0.455. The second-order valence-electron chi connectivity index (χ2n) is 8.23. The molecular weight excluding hydrogens is 430 g/mol. The zero-order valence-electron chi connectivity index (χ0n) is 18.8. The van der Waals surface area contributed by atoms with Crippen LogP contribution in [0.2, 0.25) is 0 Å². The number of para-hydroxylation sites is 1. The van der Waals surface area contributed by atoms with Gasteiger partial charge in [0.15, 0.2) is 0 Å². The summed E-state index contributed by atoms with van der Waals surface area (Å²) >= 11 is 0. The topological polar surface area (TPSA) is 187 Å². The number of nitrogens with one attached hydrogen (secondary N) is 4. The molecule has 2 rings (SSSR count). The van der Waals surface area contributed by atoms with Crippen molar-refractivity contribution in [2.75, 3.05) is 6.61 Å². The Kier molecular flexibility index (Phi) is 8.94. The number of nitrogens with two attached hydrogens (primary N) is 1. The van der Waals surface area contributed by atoms with Crippen molar-refractivity contribution in [3.63, 3.8) is 0 Å². The number of hydrogen-bond acceptors (Lipinski definition) is 6. The van der Waals surface area contributed by atoms with Crippen molar-refractivity contribution in [1.29, 1.82) is 0 Å². The number of aliphatic hydroxyl groups excluding tert-OH is 1. The van der Waals surface area contributed by atoms with E-state index in [2.05, 4.69) is 20.9 Å². The highest BCUT2D eigenvalue weighted by Crippen LogP contribution is 2.19. The monoisotopic (exact) mass is 461 g/mol. The summed E-state index contributed by atoms with van der Waals surface area (Å²) in [5, 5.41) is 27.1. The summed E-state index contributed by atoms with van der Waals surface area (Å²) in [5.74, 6) is -3.79. The first-order valence-electron chi connectivity index (χ1n) is 10.6. The van der Waals surface area contributed by atoms with Gasteiger partial charge in [-0.1, -0.05) is 32.0 Å². The molecule has 1 heterocycles. The highest BCUT2D eigenvalue weighted by atomic mass is 16.4. The quantitative estimate of drug-likeness (QED) is 0.229. The van der Waals surface area contributed by atoms with Crippen molar-refractivity contribution in [2.45, 2.75) is 51.4 Å². The number of hydrogen-bond donors (Lipinski definition) is 7. The first kappa shape index (κ1) is 25.8. The van der Waals surface area contributed by atoms with E-state index in [1.165, 1.54) is 6.92 Å². The van der Waals surface area contributed by atoms with Gasteiger partial charge in [0.2, 0.25) is 17.7 Å². The summed E-state index contributed by atoms with van der Waals surface area (Å²) in [5.41, 5.74) is 7.23. The molecule has 3 amide bonds. The minimum absolute atomic E-state index is 0.0951. The second-order valence-corrected chi connectivity index (χ2v) is 8.23. The van der Waals surface area contributed by atoms with Crippen molar-refractivity contribution in [3.05, 3.63) is 36.0 Å². The smallest absolute Gasteiger partial charge is 0.326 e. The average molecular weight is 462 g/mol. The van der Waals surface area contributed by atoms with Crippen molar-refractivity contribution in [2.24, 2.45) is 11.7 Å². The van der Waals surface area contributed by atoms with Crippen molar-refractivity contribution in [3.8, 4) is 0 Å². The molecular formula is C22H31N5O6. The Hall–Kier alpha value is -3.44. The fourth-order valence-electron chi connectivity index (χ4n) is 3.27. The number of carboxylic acids is 1. The molecule has 0 bridgehead atoms. The third kappa shape index (κ3) is 6.77. The molecule has 1 aromatic carbocycles. The zero-order valence-corrected chi connectivity index (χ0v) is 18.8. The Bertz CT molecular complexity index is 1000. The number of carbonyl (C=O) groups is 4. The predicted molar refractivity (Wildman–Crippen MR) is 121 cm³/mol. The van der Waals surface area contributed by atoms with E-state index < -0.39 is 60.4 Å². The third-order valence-corrected chi connectivity index (χ3v) is 5.19. The van der Waals surface area contributed by atoms with Gasteiger partial charge >= 0.3 is 5.97 Å². The predicted octanol–water partition coefficient (Wildman–Crippen LogP) is -0.755. The number of aliphatic carboxylic acids is 1. The minimum atomic E-state index is -1.41. The van der Waals surface area contributed by atoms with Crippen LogP contribution in [-0.4, -0.2) is 69.7 Å². The van der Waals surface area contributed by atoms with E-state index in [-0.39, 0.29) is 6.42 Å². The van der Waals surface area contributed by atoms with Crippen molar-refractivity contribution >= 4 is 34.6 Å². The van der Waals surface area contributed by atoms with Crippen LogP contribution >= 0.6 is 0 Å². The molecule has 0 aliphatic carbocycles. The first-order chi connectivity index (χ1) is 15.5. The van der Waals surface area contributed by atoms with Gasteiger partial charge in [-0.3, -0.25) is 14.4 Å². The number of carboxylic acid groups (broad SMARTS) is 1. The van der Waals surface area contributed by atoms with Gasteiger partial charge in [-0.05, 0) is 24.5 Å². The van der Waals surface area contributed by atoms with E-state index in [1.54, 1.807) is 20.0 Å². The van der Waals surface area contributed by atoms with Crippen LogP contribution in [0.4, 0.5) is 0 Å². The van der Waals surface area contributed by atoms with Gasteiger partial charge in [0.05, 0.1) is 12.6 Å². The number of aromatic nitrogens is 1. The molecule has 180 valence electrons. The molecule has 0 spiro atoms. The van der Waals surface area contributed by atoms with E-state index >= 15 is 0 Å². The maximum Gasteiger partial charge on any atom is 0.326 e. The van der Waals surface area contributed by atoms with Crippen molar-refractivity contribution < 1.29 is 29.4 Å². The Morgan fingerprint density at radius 1 is 0.970 bits per heavy atom. The molecule has 0 aliphatic heterocycles. The number of fused-ring (bicyclic) bond motifs is 1. The number of aromatic amines is 1. The van der Waals surface area contributed by atoms with E-state index in [9.17, 15) is 29.4 Å². The van der Waals surface area contributed by atoms with Crippen LogP contribution in [-0.2, 0) is 25.6 Å². The summed E-state index contributed by atoms with van der Waals surface area (Å²) in [6, 6.07) is 2.87. The Morgan fingerprint density at radius 3 is 2.15 bits per heavy atom. The molecule has 33 heavy (non-hydrogen) atoms. The van der Waals surface area contributed by atoms with Crippen LogP contribution in [0.1, 0.15) is 26.3 Å². The molecule has 8 N–H and O–H groups in total. The summed E-state index contributed by atoms with van der Waals surface area (Å²) in [6.07, 6.45) is 1.82. The van der Waals surface area contributed by atoms with Crippen molar-refractivity contribution in [1.82, 2.24) is 20.9 Å². The van der Waals surface area contributed by atoms with E-state index in [0.29, 0.717) is 0 Å². The van der Waals surface area contributed by atoms with Gasteiger partial charge in [-0.15, -0.1) is 0 Å². The number of aliphatic hydroxyl groups is 1. The normalized spacial score (nSPS) is 14.8. The van der Waals surface area contributed by atoms with Gasteiger partial charge in [-0.2, -0.15) is 0 Å². The SMILES string of the molecule is CC(N)C(=O)NC(Cc1c[nH]c2ccccc12)C(=O)NC(CO)C(=O)NC(C(=O)O)C(C)C. The molecule has 0 fully saturated rings. The van der Waals surface area contributed by atoms with Crippen LogP contribution in [0.25, 0.3) is 10.9 Å². The number of carbonyl (C=O) groups excluding carboxylic acids is 3. The number of benzene rings is 1. The Labute approximate surface area is 191 Å². The third-order valence-electron chi connectivity index (χ3n) is 5.19. The van der Waals surface area contributed by atoms with Gasteiger partial charge < -0.3 is 36.9 Å². The lowest BCUT2D eigenvalue weighted by molar-refractivity contribution is -0.143. The zero-order chi connectivity index (χ0) is 24.7. The highest BCUT2D eigenvalue weighted by molar-refractivity contribution is 5.94. The van der Waals surface area contributed by atoms with Crippen LogP contribution in [0.15, 0.2) is 30.5 Å². The molecule has 4 atom stereocenters. The summed E-state index contributed by atoms with van der Waals surface area (Å²) in [4.78, 5) is 52.2. The van der Waals surface area contributed by atoms with Gasteiger partial charge in [0.1, 0.15) is 18.1 Å². The molecule has 11 nitrogen and oxygen atoms in total. The largest absolute Gasteiger partial charge is 0.480 e. The number of H-pyrrole nitrogens is 1.